The Morgan fingerprint density at radius 2 is 1.76 bits per heavy atom. The molecule has 21 heavy (non-hydrogen) atoms. The molecule has 3 unspecified atom stereocenters. The molecule has 3 atom stereocenters. The first-order chi connectivity index (χ1) is 10.0. The molecule has 1 heterocycles. The molecule has 2 aromatic carbocycles. The first kappa shape index (κ1) is 14.4. The van der Waals surface area contributed by atoms with Crippen LogP contribution in [0.3, 0.4) is 0 Å². The fraction of sp³-hybridized carbons (Fsp3) is 0.474. The molecule has 0 bridgehead atoms. The highest BCUT2D eigenvalue weighted by Crippen LogP contribution is 2.30. The molecule has 0 aliphatic carbocycles. The molecule has 2 nitrogen and oxygen atoms in total. The first-order valence-corrected chi connectivity index (χ1v) is 8.06. The van der Waals surface area contributed by atoms with Crippen LogP contribution in [-0.4, -0.2) is 17.5 Å². The highest BCUT2D eigenvalue weighted by atomic mass is 15.2. The molecule has 1 saturated heterocycles. The fourth-order valence-electron chi connectivity index (χ4n) is 3.70. The summed E-state index contributed by atoms with van der Waals surface area (Å²) >= 11 is 0. The summed E-state index contributed by atoms with van der Waals surface area (Å²) in [6.07, 6.45) is 1.34. The third kappa shape index (κ3) is 2.91. The second-order valence-electron chi connectivity index (χ2n) is 6.89. The van der Waals surface area contributed by atoms with Gasteiger partial charge in [-0.3, -0.25) is 4.90 Å². The zero-order valence-electron chi connectivity index (χ0n) is 13.3. The van der Waals surface area contributed by atoms with Crippen LogP contribution in [0.1, 0.15) is 32.8 Å². The molecule has 0 amide bonds. The number of likely N-dealkylation sites (tertiary alicyclic amines) is 1. The minimum Gasteiger partial charge on any atom is -0.398 e. The first-order valence-electron chi connectivity index (χ1n) is 8.06. The van der Waals surface area contributed by atoms with Gasteiger partial charge in [-0.15, -0.1) is 0 Å². The molecule has 0 spiro atoms. The molecule has 2 N–H and O–H groups in total. The van der Waals surface area contributed by atoms with E-state index >= 15 is 0 Å². The van der Waals surface area contributed by atoms with E-state index in [2.05, 4.69) is 62.1 Å². The van der Waals surface area contributed by atoms with E-state index in [-0.39, 0.29) is 0 Å². The van der Waals surface area contributed by atoms with Crippen LogP contribution in [-0.2, 0) is 6.54 Å². The standard InChI is InChI=1S/C19H26N2/c1-13-8-14(2)15(3)21(11-13)12-18-9-16-6-4-5-7-17(16)10-19(18)20/h4-7,9-10,13-15H,8,11-12,20H2,1-3H3. The van der Waals surface area contributed by atoms with E-state index in [0.717, 1.165) is 24.1 Å². The lowest BCUT2D eigenvalue weighted by Gasteiger charge is -2.41. The normalized spacial score (nSPS) is 27.1. The van der Waals surface area contributed by atoms with E-state index in [4.69, 9.17) is 5.73 Å². The van der Waals surface area contributed by atoms with Crippen LogP contribution in [0.5, 0.6) is 0 Å². The van der Waals surface area contributed by atoms with Crippen LogP contribution in [0.2, 0.25) is 0 Å². The van der Waals surface area contributed by atoms with Gasteiger partial charge >= 0.3 is 0 Å². The Kier molecular flexibility index (Phi) is 3.90. The predicted molar refractivity (Wildman–Crippen MR) is 91.2 cm³/mol. The smallest absolute Gasteiger partial charge is 0.0366 e. The Hall–Kier alpha value is -1.54. The summed E-state index contributed by atoms with van der Waals surface area (Å²) in [7, 11) is 0. The van der Waals surface area contributed by atoms with Crippen LogP contribution in [0.15, 0.2) is 36.4 Å². The van der Waals surface area contributed by atoms with Gasteiger partial charge in [0.1, 0.15) is 0 Å². The summed E-state index contributed by atoms with van der Waals surface area (Å²) < 4.78 is 0. The number of hydrogen-bond acceptors (Lipinski definition) is 2. The summed E-state index contributed by atoms with van der Waals surface area (Å²) in [6.45, 7) is 9.23. The zero-order valence-corrected chi connectivity index (χ0v) is 13.3. The average Bonchev–Trinajstić information content (AvgIpc) is 2.45. The van der Waals surface area contributed by atoms with E-state index < -0.39 is 0 Å². The molecule has 3 rings (SSSR count). The number of nitrogens with zero attached hydrogens (tertiary/aromatic N) is 1. The van der Waals surface area contributed by atoms with Crippen molar-refractivity contribution in [1.82, 2.24) is 4.90 Å². The molecule has 0 aromatic heterocycles. The minimum atomic E-state index is 0.632. The van der Waals surface area contributed by atoms with Crippen molar-refractivity contribution in [3.05, 3.63) is 42.0 Å². The lowest BCUT2D eigenvalue weighted by atomic mass is 9.85. The number of nitrogens with two attached hydrogens (primary N) is 1. The number of fused-ring (bicyclic) bond motifs is 1. The topological polar surface area (TPSA) is 29.3 Å². The molecular formula is C19H26N2. The van der Waals surface area contributed by atoms with Gasteiger partial charge in [0.05, 0.1) is 0 Å². The maximum Gasteiger partial charge on any atom is 0.0366 e. The summed E-state index contributed by atoms with van der Waals surface area (Å²) in [5.74, 6) is 1.54. The van der Waals surface area contributed by atoms with Crippen molar-refractivity contribution in [3.63, 3.8) is 0 Å². The van der Waals surface area contributed by atoms with Crippen molar-refractivity contribution in [2.45, 2.75) is 39.8 Å². The van der Waals surface area contributed by atoms with Gasteiger partial charge in [0.2, 0.25) is 0 Å². The van der Waals surface area contributed by atoms with Crippen molar-refractivity contribution in [3.8, 4) is 0 Å². The number of nitrogen functional groups attached to an aromatic ring is 1. The molecule has 0 saturated carbocycles. The molecule has 1 fully saturated rings. The molecule has 1 aliphatic rings. The fourth-order valence-corrected chi connectivity index (χ4v) is 3.70. The highest BCUT2D eigenvalue weighted by molar-refractivity contribution is 5.86. The maximum absolute atomic E-state index is 6.29. The SMILES string of the molecule is CC1CC(C)C(C)N(Cc2cc3ccccc3cc2N)C1. The Labute approximate surface area is 127 Å². The van der Waals surface area contributed by atoms with Crippen molar-refractivity contribution < 1.29 is 0 Å². The van der Waals surface area contributed by atoms with E-state index in [1.54, 1.807) is 0 Å². The van der Waals surface area contributed by atoms with Gasteiger partial charge < -0.3 is 5.73 Å². The number of anilines is 1. The second-order valence-corrected chi connectivity index (χ2v) is 6.89. The zero-order chi connectivity index (χ0) is 15.0. The van der Waals surface area contributed by atoms with E-state index in [9.17, 15) is 0 Å². The Bertz CT molecular complexity index is 634. The van der Waals surface area contributed by atoms with Crippen molar-refractivity contribution in [2.75, 3.05) is 12.3 Å². The van der Waals surface area contributed by atoms with Gasteiger partial charge in [0.25, 0.3) is 0 Å². The van der Waals surface area contributed by atoms with Gasteiger partial charge in [0, 0.05) is 24.8 Å². The van der Waals surface area contributed by atoms with Crippen LogP contribution in [0.4, 0.5) is 5.69 Å². The van der Waals surface area contributed by atoms with Crippen LogP contribution in [0.25, 0.3) is 10.8 Å². The van der Waals surface area contributed by atoms with E-state index in [1.165, 1.54) is 29.3 Å². The summed E-state index contributed by atoms with van der Waals surface area (Å²) in [4.78, 5) is 2.60. The summed E-state index contributed by atoms with van der Waals surface area (Å²) in [6, 6.07) is 13.5. The summed E-state index contributed by atoms with van der Waals surface area (Å²) in [5.41, 5.74) is 8.48. The molecule has 2 heteroatoms. The molecule has 1 aliphatic heterocycles. The lowest BCUT2D eigenvalue weighted by molar-refractivity contribution is 0.0732. The molecule has 112 valence electrons. The maximum atomic E-state index is 6.29. The van der Waals surface area contributed by atoms with Crippen molar-refractivity contribution in [1.29, 1.82) is 0 Å². The van der Waals surface area contributed by atoms with Crippen LogP contribution >= 0.6 is 0 Å². The Balaban J connectivity index is 1.88. The Morgan fingerprint density at radius 3 is 2.48 bits per heavy atom. The minimum absolute atomic E-state index is 0.632. The van der Waals surface area contributed by atoms with Gasteiger partial charge in [-0.2, -0.15) is 0 Å². The van der Waals surface area contributed by atoms with E-state index in [0.29, 0.717) is 6.04 Å². The summed E-state index contributed by atoms with van der Waals surface area (Å²) in [5, 5.41) is 2.51. The quantitative estimate of drug-likeness (QED) is 0.833. The van der Waals surface area contributed by atoms with Gasteiger partial charge in [-0.25, -0.2) is 0 Å². The third-order valence-electron chi connectivity index (χ3n) is 5.10. The number of piperidine rings is 1. The number of hydrogen-bond donors (Lipinski definition) is 1. The number of benzene rings is 2. The lowest BCUT2D eigenvalue weighted by Crippen LogP contribution is -2.45. The van der Waals surface area contributed by atoms with Gasteiger partial charge in [-0.1, -0.05) is 38.1 Å². The van der Waals surface area contributed by atoms with Crippen molar-refractivity contribution in [2.24, 2.45) is 11.8 Å². The molecule has 2 aromatic rings. The average molecular weight is 282 g/mol. The van der Waals surface area contributed by atoms with E-state index in [1.807, 2.05) is 0 Å². The third-order valence-corrected chi connectivity index (χ3v) is 5.10. The number of rotatable bonds is 2. The Morgan fingerprint density at radius 1 is 1.10 bits per heavy atom. The largest absolute Gasteiger partial charge is 0.398 e. The monoisotopic (exact) mass is 282 g/mol. The second kappa shape index (κ2) is 5.69. The highest BCUT2D eigenvalue weighted by Gasteiger charge is 2.28. The molecule has 0 radical (unpaired) electrons. The van der Waals surface area contributed by atoms with Gasteiger partial charge in [0.15, 0.2) is 0 Å². The van der Waals surface area contributed by atoms with Crippen molar-refractivity contribution >= 4 is 16.5 Å². The van der Waals surface area contributed by atoms with Crippen LogP contribution in [0, 0.1) is 11.8 Å². The van der Waals surface area contributed by atoms with Gasteiger partial charge in [-0.05, 0) is 53.6 Å². The predicted octanol–water partition coefficient (Wildman–Crippen LogP) is 4.29. The van der Waals surface area contributed by atoms with Crippen LogP contribution < -0.4 is 5.73 Å². The molecular weight excluding hydrogens is 256 g/mol.